The number of hydrogen-bond donors (Lipinski definition) is 2. The van der Waals surface area contributed by atoms with Crippen LogP contribution in [0.5, 0.6) is 5.75 Å². The fraction of sp³-hybridized carbons (Fsp3) is 0.375. The number of fused-ring (bicyclic) bond motifs is 2. The first-order valence-corrected chi connectivity index (χ1v) is 10.1. The fourth-order valence-corrected chi connectivity index (χ4v) is 4.59. The topological polar surface area (TPSA) is 69.0 Å². The Morgan fingerprint density at radius 3 is 2.58 bits per heavy atom. The molecule has 31 heavy (non-hydrogen) atoms. The van der Waals surface area contributed by atoms with Crippen molar-refractivity contribution in [1.82, 2.24) is 4.98 Å². The van der Waals surface area contributed by atoms with Crippen molar-refractivity contribution in [3.05, 3.63) is 64.8 Å². The molecule has 1 aromatic heterocycles. The minimum absolute atomic E-state index is 0.0777. The molecule has 162 valence electrons. The van der Waals surface area contributed by atoms with Crippen molar-refractivity contribution >= 4 is 10.9 Å². The molecule has 2 heterocycles. The minimum Gasteiger partial charge on any atom is -0.493 e. The molecule has 0 bridgehead atoms. The van der Waals surface area contributed by atoms with Crippen molar-refractivity contribution in [1.29, 1.82) is 5.26 Å². The number of alkyl halides is 3. The average molecular weight is 428 g/mol. The highest BCUT2D eigenvalue weighted by Gasteiger charge is 2.56. The van der Waals surface area contributed by atoms with E-state index < -0.39 is 30.0 Å². The van der Waals surface area contributed by atoms with E-state index in [1.807, 2.05) is 18.2 Å². The molecule has 0 saturated heterocycles. The van der Waals surface area contributed by atoms with Crippen LogP contribution in [0.1, 0.15) is 42.7 Å². The standard InChI is InChI=1S/C24H23F3N2O2/c1-22(2,18-8-5-6-15-10-11-31-21(15)18)14-23(30,24(25,26)27)12-20-17(13-28)16-7-3-4-9-19(16)29-20/h3-9,29-30H,10-12,14H2,1-2H3. The monoisotopic (exact) mass is 428 g/mol. The van der Waals surface area contributed by atoms with Crippen LogP contribution < -0.4 is 4.74 Å². The summed E-state index contributed by atoms with van der Waals surface area (Å²) in [6.45, 7) is 3.85. The Labute approximate surface area is 178 Å². The van der Waals surface area contributed by atoms with Gasteiger partial charge >= 0.3 is 6.18 Å². The van der Waals surface area contributed by atoms with E-state index in [1.54, 1.807) is 44.2 Å². The Kier molecular flexibility index (Phi) is 5.01. The summed E-state index contributed by atoms with van der Waals surface area (Å²) < 4.78 is 48.4. The molecule has 0 amide bonds. The molecule has 1 unspecified atom stereocenters. The van der Waals surface area contributed by atoms with Gasteiger partial charge in [0.1, 0.15) is 11.8 Å². The van der Waals surface area contributed by atoms with Crippen molar-refractivity contribution in [2.45, 2.75) is 50.3 Å². The van der Waals surface area contributed by atoms with E-state index in [2.05, 4.69) is 4.98 Å². The van der Waals surface area contributed by atoms with E-state index in [4.69, 9.17) is 4.74 Å². The fourth-order valence-electron chi connectivity index (χ4n) is 4.59. The van der Waals surface area contributed by atoms with Gasteiger partial charge in [0.15, 0.2) is 5.60 Å². The maximum absolute atomic E-state index is 14.2. The number of hydrogen-bond acceptors (Lipinski definition) is 3. The van der Waals surface area contributed by atoms with Crippen LogP contribution in [-0.2, 0) is 18.3 Å². The molecular formula is C24H23F3N2O2. The molecule has 0 aliphatic carbocycles. The zero-order chi connectivity index (χ0) is 22.4. The van der Waals surface area contributed by atoms with Crippen molar-refractivity contribution < 1.29 is 23.0 Å². The van der Waals surface area contributed by atoms with Crippen molar-refractivity contribution in [3.63, 3.8) is 0 Å². The summed E-state index contributed by atoms with van der Waals surface area (Å²) in [5.74, 6) is 0.611. The van der Waals surface area contributed by atoms with Gasteiger partial charge in [0.05, 0.1) is 12.2 Å². The first-order valence-electron chi connectivity index (χ1n) is 10.1. The van der Waals surface area contributed by atoms with Crippen molar-refractivity contribution in [3.8, 4) is 11.8 Å². The van der Waals surface area contributed by atoms with Gasteiger partial charge in [-0.05, 0) is 23.5 Å². The highest BCUT2D eigenvalue weighted by atomic mass is 19.4. The lowest BCUT2D eigenvalue weighted by Gasteiger charge is -2.38. The Morgan fingerprint density at radius 2 is 1.87 bits per heavy atom. The van der Waals surface area contributed by atoms with E-state index in [0.29, 0.717) is 35.2 Å². The first kappa shape index (κ1) is 21.3. The summed E-state index contributed by atoms with van der Waals surface area (Å²) in [4.78, 5) is 2.90. The molecule has 0 radical (unpaired) electrons. The molecule has 4 nitrogen and oxygen atoms in total. The highest BCUT2D eigenvalue weighted by molar-refractivity contribution is 5.87. The number of aliphatic hydroxyl groups is 1. The number of aromatic amines is 1. The normalized spacial score (nSPS) is 15.9. The number of aromatic nitrogens is 1. The van der Waals surface area contributed by atoms with Gasteiger partial charge in [-0.3, -0.25) is 0 Å². The minimum atomic E-state index is -4.90. The molecule has 1 atom stereocenters. The number of H-pyrrole nitrogens is 1. The predicted octanol–water partition coefficient (Wildman–Crippen LogP) is 5.18. The Morgan fingerprint density at radius 1 is 1.13 bits per heavy atom. The van der Waals surface area contributed by atoms with Gasteiger partial charge in [-0.1, -0.05) is 50.2 Å². The Hall–Kier alpha value is -2.98. The molecule has 7 heteroatoms. The van der Waals surface area contributed by atoms with E-state index in [-0.39, 0.29) is 11.3 Å². The number of benzene rings is 2. The van der Waals surface area contributed by atoms with Crippen LogP contribution in [0.25, 0.3) is 10.9 Å². The van der Waals surface area contributed by atoms with Gasteiger partial charge in [-0.2, -0.15) is 18.4 Å². The van der Waals surface area contributed by atoms with Crippen LogP contribution in [0.3, 0.4) is 0 Å². The van der Waals surface area contributed by atoms with E-state index in [9.17, 15) is 23.5 Å². The number of nitrogens with zero attached hydrogens (tertiary/aromatic N) is 1. The summed E-state index contributed by atoms with van der Waals surface area (Å²) in [7, 11) is 0. The number of ether oxygens (including phenoxy) is 1. The number of para-hydroxylation sites is 2. The molecule has 0 fully saturated rings. The van der Waals surface area contributed by atoms with Gasteiger partial charge < -0.3 is 14.8 Å². The highest BCUT2D eigenvalue weighted by Crippen LogP contribution is 2.46. The number of halogens is 3. The van der Waals surface area contributed by atoms with Crippen LogP contribution in [0.4, 0.5) is 13.2 Å². The SMILES string of the molecule is CC(C)(CC(O)(Cc1[nH]c2ccccc2c1C#N)C(F)(F)F)c1cccc2c1OCC2. The van der Waals surface area contributed by atoms with Gasteiger partial charge in [0.2, 0.25) is 0 Å². The summed E-state index contributed by atoms with van der Waals surface area (Å²) >= 11 is 0. The quantitative estimate of drug-likeness (QED) is 0.589. The third-order valence-corrected chi connectivity index (χ3v) is 6.07. The van der Waals surface area contributed by atoms with Gasteiger partial charge in [-0.15, -0.1) is 0 Å². The van der Waals surface area contributed by atoms with Crippen molar-refractivity contribution in [2.75, 3.05) is 6.61 Å². The Bertz CT molecular complexity index is 1170. The maximum atomic E-state index is 14.2. The van der Waals surface area contributed by atoms with Gasteiger partial charge in [0.25, 0.3) is 0 Å². The van der Waals surface area contributed by atoms with Crippen LogP contribution in [0.15, 0.2) is 42.5 Å². The zero-order valence-electron chi connectivity index (χ0n) is 17.3. The van der Waals surface area contributed by atoms with Crippen molar-refractivity contribution in [2.24, 2.45) is 0 Å². The smallest absolute Gasteiger partial charge is 0.417 e. The summed E-state index contributed by atoms with van der Waals surface area (Å²) in [5.41, 5.74) is -1.70. The lowest BCUT2D eigenvalue weighted by Crippen LogP contribution is -2.51. The largest absolute Gasteiger partial charge is 0.493 e. The summed E-state index contributed by atoms with van der Waals surface area (Å²) in [5, 5.41) is 21.1. The number of nitriles is 1. The molecule has 4 rings (SSSR count). The van der Waals surface area contributed by atoms with Gasteiger partial charge in [0, 0.05) is 35.0 Å². The lowest BCUT2D eigenvalue weighted by molar-refractivity contribution is -0.266. The third-order valence-electron chi connectivity index (χ3n) is 6.07. The second-order valence-corrected chi connectivity index (χ2v) is 8.80. The summed E-state index contributed by atoms with van der Waals surface area (Å²) in [6.07, 6.45) is -5.51. The molecule has 1 aliphatic heterocycles. The van der Waals surface area contributed by atoms with E-state index in [0.717, 1.165) is 5.56 Å². The van der Waals surface area contributed by atoms with Crippen LogP contribution >= 0.6 is 0 Å². The average Bonchev–Trinajstić information content (AvgIpc) is 3.29. The predicted molar refractivity (Wildman–Crippen MR) is 111 cm³/mol. The molecular weight excluding hydrogens is 405 g/mol. The van der Waals surface area contributed by atoms with Gasteiger partial charge in [-0.25, -0.2) is 0 Å². The summed E-state index contributed by atoms with van der Waals surface area (Å²) in [6, 6.07) is 14.3. The third kappa shape index (κ3) is 3.66. The van der Waals surface area contributed by atoms with Crippen LogP contribution in [0.2, 0.25) is 0 Å². The second kappa shape index (κ2) is 7.31. The molecule has 0 spiro atoms. The van der Waals surface area contributed by atoms with Crippen LogP contribution in [-0.4, -0.2) is 28.5 Å². The molecule has 1 aliphatic rings. The number of rotatable bonds is 5. The van der Waals surface area contributed by atoms with E-state index >= 15 is 0 Å². The van der Waals surface area contributed by atoms with E-state index in [1.165, 1.54) is 0 Å². The molecule has 2 aromatic carbocycles. The van der Waals surface area contributed by atoms with Crippen LogP contribution in [0, 0.1) is 11.3 Å². The Balaban J connectivity index is 1.75. The molecule has 0 saturated carbocycles. The first-order chi connectivity index (χ1) is 14.6. The zero-order valence-corrected chi connectivity index (χ0v) is 17.3. The molecule has 3 aromatic rings. The maximum Gasteiger partial charge on any atom is 0.417 e. The molecule has 2 N–H and O–H groups in total. The second-order valence-electron chi connectivity index (χ2n) is 8.80. The lowest BCUT2D eigenvalue weighted by atomic mass is 9.72. The number of nitrogens with one attached hydrogen (secondary N) is 1.